The smallest absolute Gasteiger partial charge is 0.0693 e. The van der Waals surface area contributed by atoms with Gasteiger partial charge in [0.25, 0.3) is 0 Å². The van der Waals surface area contributed by atoms with Gasteiger partial charge in [0.15, 0.2) is 0 Å². The van der Waals surface area contributed by atoms with Crippen molar-refractivity contribution < 1.29 is 4.74 Å². The fourth-order valence-corrected chi connectivity index (χ4v) is 2.12. The van der Waals surface area contributed by atoms with Gasteiger partial charge in [0.2, 0.25) is 0 Å². The molecule has 1 unspecified atom stereocenters. The molecule has 1 aliphatic carbocycles. The van der Waals surface area contributed by atoms with E-state index in [1.807, 2.05) is 14.2 Å². The maximum atomic E-state index is 5.59. The Morgan fingerprint density at radius 2 is 2.29 bits per heavy atom. The summed E-state index contributed by atoms with van der Waals surface area (Å²) >= 11 is 0. The van der Waals surface area contributed by atoms with Crippen molar-refractivity contribution in [2.45, 2.75) is 50.2 Å². The number of methoxy groups -OCH3 is 1. The van der Waals surface area contributed by atoms with Crippen molar-refractivity contribution in [1.82, 2.24) is 5.32 Å². The van der Waals surface area contributed by atoms with Crippen molar-refractivity contribution in [3.05, 3.63) is 0 Å². The third-order valence-corrected chi connectivity index (χ3v) is 3.36. The van der Waals surface area contributed by atoms with E-state index < -0.39 is 0 Å². The van der Waals surface area contributed by atoms with E-state index in [0.29, 0.717) is 6.04 Å². The molecule has 1 N–H and O–H groups in total. The monoisotopic (exact) mass is 195 g/mol. The fourth-order valence-electron chi connectivity index (χ4n) is 2.12. The quantitative estimate of drug-likeness (QED) is 0.654. The maximum absolute atomic E-state index is 5.59. The predicted octanol–water partition coefficient (Wildman–Crippen LogP) is 1.95. The van der Waals surface area contributed by atoms with Crippen LogP contribution < -0.4 is 5.32 Å². The Hall–Kier alpha value is -0.520. The summed E-state index contributed by atoms with van der Waals surface area (Å²) < 4.78 is 5.59. The molecule has 0 aromatic heterocycles. The van der Waals surface area contributed by atoms with Gasteiger partial charge in [0.1, 0.15) is 0 Å². The Morgan fingerprint density at radius 1 is 1.57 bits per heavy atom. The van der Waals surface area contributed by atoms with E-state index in [-0.39, 0.29) is 5.60 Å². The van der Waals surface area contributed by atoms with Crippen LogP contribution in [-0.4, -0.2) is 25.8 Å². The highest BCUT2D eigenvalue weighted by atomic mass is 16.5. The first kappa shape index (κ1) is 11.6. The number of hydrogen-bond acceptors (Lipinski definition) is 2. The molecule has 0 heterocycles. The van der Waals surface area contributed by atoms with E-state index in [4.69, 9.17) is 11.2 Å². The third-order valence-electron chi connectivity index (χ3n) is 3.36. The molecule has 0 aliphatic heterocycles. The summed E-state index contributed by atoms with van der Waals surface area (Å²) in [5, 5.41) is 3.32. The van der Waals surface area contributed by atoms with E-state index in [0.717, 1.165) is 19.3 Å². The topological polar surface area (TPSA) is 21.3 Å². The second-order valence-corrected chi connectivity index (χ2v) is 4.17. The first-order chi connectivity index (χ1) is 6.76. The first-order valence-corrected chi connectivity index (χ1v) is 5.42. The van der Waals surface area contributed by atoms with E-state index in [1.54, 1.807) is 0 Å². The van der Waals surface area contributed by atoms with E-state index >= 15 is 0 Å². The molecular weight excluding hydrogens is 174 g/mol. The Morgan fingerprint density at radius 3 is 2.64 bits per heavy atom. The van der Waals surface area contributed by atoms with Gasteiger partial charge in [-0.25, -0.2) is 0 Å². The zero-order valence-corrected chi connectivity index (χ0v) is 9.31. The minimum atomic E-state index is 0.155. The summed E-state index contributed by atoms with van der Waals surface area (Å²) in [5.74, 6) is 2.69. The van der Waals surface area contributed by atoms with Crippen LogP contribution in [-0.2, 0) is 4.74 Å². The van der Waals surface area contributed by atoms with E-state index in [2.05, 4.69) is 11.2 Å². The number of rotatable bonds is 6. The van der Waals surface area contributed by atoms with Crippen LogP contribution in [0.15, 0.2) is 0 Å². The zero-order chi connectivity index (χ0) is 10.4. The molecule has 1 aliphatic rings. The largest absolute Gasteiger partial charge is 0.378 e. The Balaban J connectivity index is 2.35. The van der Waals surface area contributed by atoms with Crippen molar-refractivity contribution >= 4 is 0 Å². The highest BCUT2D eigenvalue weighted by Gasteiger charge is 2.38. The van der Waals surface area contributed by atoms with Crippen LogP contribution in [0, 0.1) is 12.3 Å². The molecule has 2 heteroatoms. The van der Waals surface area contributed by atoms with Gasteiger partial charge in [-0.15, -0.1) is 12.3 Å². The first-order valence-electron chi connectivity index (χ1n) is 5.42. The summed E-state index contributed by atoms with van der Waals surface area (Å²) in [7, 11) is 3.83. The highest BCUT2D eigenvalue weighted by Crippen LogP contribution is 2.39. The van der Waals surface area contributed by atoms with Crippen LogP contribution in [0.2, 0.25) is 0 Å². The van der Waals surface area contributed by atoms with Gasteiger partial charge < -0.3 is 10.1 Å². The van der Waals surface area contributed by atoms with Crippen LogP contribution >= 0.6 is 0 Å². The Labute approximate surface area is 87.4 Å². The lowest BCUT2D eigenvalue weighted by molar-refractivity contribution is -0.0834. The van der Waals surface area contributed by atoms with Crippen LogP contribution in [0.25, 0.3) is 0 Å². The molecule has 1 rings (SSSR count). The lowest BCUT2D eigenvalue weighted by Crippen LogP contribution is -2.45. The van der Waals surface area contributed by atoms with Crippen LogP contribution in [0.4, 0.5) is 0 Å². The van der Waals surface area contributed by atoms with Crippen molar-refractivity contribution in [2.75, 3.05) is 14.2 Å². The predicted molar refractivity (Wildman–Crippen MR) is 59.1 cm³/mol. The normalized spacial score (nSPS) is 20.9. The molecule has 14 heavy (non-hydrogen) atoms. The fraction of sp³-hybridized carbons (Fsp3) is 0.833. The summed E-state index contributed by atoms with van der Waals surface area (Å²) in [6.07, 6.45) is 12.0. The molecule has 1 atom stereocenters. The number of ether oxygens (including phenoxy) is 1. The van der Waals surface area contributed by atoms with Gasteiger partial charge in [0.05, 0.1) is 5.60 Å². The van der Waals surface area contributed by atoms with Gasteiger partial charge in [-0.3, -0.25) is 0 Å². The summed E-state index contributed by atoms with van der Waals surface area (Å²) in [6, 6.07) is 0.506. The summed E-state index contributed by atoms with van der Waals surface area (Å²) in [4.78, 5) is 0. The minimum absolute atomic E-state index is 0.155. The minimum Gasteiger partial charge on any atom is -0.378 e. The average molecular weight is 195 g/mol. The second-order valence-electron chi connectivity index (χ2n) is 4.17. The average Bonchev–Trinajstić information content (AvgIpc) is 2.16. The standard InChI is InChI=1S/C12H21NO/c1-4-5-7-11(13-2)10-12(14-3)8-6-9-12/h1,11,13H,5-10H2,2-3H3. The lowest BCUT2D eigenvalue weighted by atomic mass is 9.75. The Kier molecular flexibility index (Phi) is 4.44. The van der Waals surface area contributed by atoms with Gasteiger partial charge in [-0.05, 0) is 39.2 Å². The lowest BCUT2D eigenvalue weighted by Gasteiger charge is -2.42. The molecule has 2 nitrogen and oxygen atoms in total. The molecule has 80 valence electrons. The number of terminal acetylenes is 1. The van der Waals surface area contributed by atoms with Crippen LogP contribution in [0.3, 0.4) is 0 Å². The zero-order valence-electron chi connectivity index (χ0n) is 9.31. The maximum Gasteiger partial charge on any atom is 0.0693 e. The molecule has 0 aromatic carbocycles. The van der Waals surface area contributed by atoms with Gasteiger partial charge in [0, 0.05) is 19.6 Å². The molecule has 0 aromatic rings. The molecule has 0 saturated heterocycles. The van der Waals surface area contributed by atoms with Gasteiger partial charge in [-0.1, -0.05) is 0 Å². The Bertz CT molecular complexity index is 197. The van der Waals surface area contributed by atoms with Crippen molar-refractivity contribution in [1.29, 1.82) is 0 Å². The molecular formula is C12H21NO. The molecule has 1 fully saturated rings. The molecule has 0 amide bonds. The van der Waals surface area contributed by atoms with Crippen LogP contribution in [0.1, 0.15) is 38.5 Å². The van der Waals surface area contributed by atoms with E-state index in [9.17, 15) is 0 Å². The van der Waals surface area contributed by atoms with Crippen molar-refractivity contribution in [2.24, 2.45) is 0 Å². The second kappa shape index (κ2) is 5.38. The summed E-state index contributed by atoms with van der Waals surface area (Å²) in [6.45, 7) is 0. The van der Waals surface area contributed by atoms with Gasteiger partial charge in [-0.2, -0.15) is 0 Å². The highest BCUT2D eigenvalue weighted by molar-refractivity contribution is 4.94. The molecule has 0 radical (unpaired) electrons. The third kappa shape index (κ3) is 2.73. The summed E-state index contributed by atoms with van der Waals surface area (Å²) in [5.41, 5.74) is 0.155. The SMILES string of the molecule is C#CCCC(CC1(OC)CCC1)NC. The molecule has 1 saturated carbocycles. The number of hydrogen-bond donors (Lipinski definition) is 1. The van der Waals surface area contributed by atoms with Crippen molar-refractivity contribution in [3.63, 3.8) is 0 Å². The number of nitrogens with one attached hydrogen (secondary N) is 1. The molecule has 0 spiro atoms. The molecule has 0 bridgehead atoms. The van der Waals surface area contributed by atoms with Gasteiger partial charge >= 0.3 is 0 Å². The van der Waals surface area contributed by atoms with Crippen LogP contribution in [0.5, 0.6) is 0 Å². The van der Waals surface area contributed by atoms with Crippen molar-refractivity contribution in [3.8, 4) is 12.3 Å². The van der Waals surface area contributed by atoms with E-state index in [1.165, 1.54) is 19.3 Å².